The Labute approximate surface area is 118 Å². The van der Waals surface area contributed by atoms with Crippen LogP contribution in [0.2, 0.25) is 0 Å². The summed E-state index contributed by atoms with van der Waals surface area (Å²) < 4.78 is 7.10. The second-order valence-electron chi connectivity index (χ2n) is 6.14. The molecule has 1 aliphatic carbocycles. The minimum Gasteiger partial charge on any atom is -0.444 e. The van der Waals surface area contributed by atoms with Gasteiger partial charge in [0, 0.05) is 6.54 Å². The predicted octanol–water partition coefficient (Wildman–Crippen LogP) is 1.36. The van der Waals surface area contributed by atoms with Crippen molar-refractivity contribution >= 4 is 6.09 Å². The van der Waals surface area contributed by atoms with Gasteiger partial charge in [-0.3, -0.25) is 0 Å². The van der Waals surface area contributed by atoms with Crippen molar-refractivity contribution in [2.45, 2.75) is 64.3 Å². The fourth-order valence-electron chi connectivity index (χ4n) is 2.45. The summed E-state index contributed by atoms with van der Waals surface area (Å²) in [6, 6.07) is 0.146. The van der Waals surface area contributed by atoms with Crippen LogP contribution in [0.1, 0.15) is 51.8 Å². The lowest BCUT2D eigenvalue weighted by atomic mass is 10.2. The van der Waals surface area contributed by atoms with Crippen LogP contribution < -0.4 is 11.1 Å². The van der Waals surface area contributed by atoms with Crippen LogP contribution in [0.3, 0.4) is 0 Å². The summed E-state index contributed by atoms with van der Waals surface area (Å²) in [5.41, 5.74) is 5.81. The van der Waals surface area contributed by atoms with Crippen molar-refractivity contribution in [3.63, 3.8) is 0 Å². The number of nitrogens with one attached hydrogen (secondary N) is 1. The molecular weight excluding hydrogens is 258 g/mol. The van der Waals surface area contributed by atoms with Gasteiger partial charge in [-0.1, -0.05) is 5.21 Å². The van der Waals surface area contributed by atoms with Crippen molar-refractivity contribution in [3.05, 3.63) is 11.9 Å². The van der Waals surface area contributed by atoms with Crippen LogP contribution in [0, 0.1) is 0 Å². The van der Waals surface area contributed by atoms with Crippen LogP contribution in [0.4, 0.5) is 4.79 Å². The maximum absolute atomic E-state index is 11.9. The first kappa shape index (κ1) is 14.8. The van der Waals surface area contributed by atoms with Crippen LogP contribution in [0.15, 0.2) is 6.20 Å². The highest BCUT2D eigenvalue weighted by Crippen LogP contribution is 2.29. The van der Waals surface area contributed by atoms with Crippen molar-refractivity contribution < 1.29 is 9.53 Å². The Hall–Kier alpha value is -1.63. The Balaban J connectivity index is 1.98. The third-order valence-electron chi connectivity index (χ3n) is 3.29. The zero-order valence-corrected chi connectivity index (χ0v) is 12.3. The molecule has 0 bridgehead atoms. The summed E-state index contributed by atoms with van der Waals surface area (Å²) in [7, 11) is 0. The summed E-state index contributed by atoms with van der Waals surface area (Å²) in [5, 5.41) is 11.0. The van der Waals surface area contributed by atoms with E-state index in [1.807, 2.05) is 27.0 Å². The Kier molecular flexibility index (Phi) is 4.27. The quantitative estimate of drug-likeness (QED) is 0.872. The molecule has 1 heterocycles. The van der Waals surface area contributed by atoms with Gasteiger partial charge in [-0.05, 0) is 40.0 Å². The van der Waals surface area contributed by atoms with Crippen molar-refractivity contribution in [2.24, 2.45) is 5.73 Å². The molecule has 112 valence electrons. The van der Waals surface area contributed by atoms with E-state index < -0.39 is 5.60 Å². The van der Waals surface area contributed by atoms with Gasteiger partial charge in [0.1, 0.15) is 5.60 Å². The van der Waals surface area contributed by atoms with Gasteiger partial charge in [-0.15, -0.1) is 5.10 Å². The lowest BCUT2D eigenvalue weighted by Crippen LogP contribution is -2.41. The Morgan fingerprint density at radius 1 is 1.55 bits per heavy atom. The summed E-state index contributed by atoms with van der Waals surface area (Å²) >= 11 is 0. The molecule has 7 nitrogen and oxygen atoms in total. The highest BCUT2D eigenvalue weighted by molar-refractivity contribution is 5.68. The van der Waals surface area contributed by atoms with Crippen LogP contribution >= 0.6 is 0 Å². The standard InChI is InChI=1S/C13H23N5O2/c1-13(2,3)20-12(19)15-10-5-4-6-11(10)18-8-9(7-14)16-17-18/h8,10-11H,4-7,14H2,1-3H3,(H,15,19). The lowest BCUT2D eigenvalue weighted by molar-refractivity contribution is 0.0493. The second-order valence-corrected chi connectivity index (χ2v) is 6.14. The molecule has 7 heteroatoms. The van der Waals surface area contributed by atoms with Crippen molar-refractivity contribution in [3.8, 4) is 0 Å². The second kappa shape index (κ2) is 5.78. The number of amides is 1. The van der Waals surface area contributed by atoms with E-state index in [0.29, 0.717) is 6.54 Å². The lowest BCUT2D eigenvalue weighted by Gasteiger charge is -2.24. The van der Waals surface area contributed by atoms with Crippen molar-refractivity contribution in [1.29, 1.82) is 0 Å². The molecule has 2 unspecified atom stereocenters. The number of rotatable bonds is 3. The number of ether oxygens (including phenoxy) is 1. The van der Waals surface area contributed by atoms with Crippen LogP contribution in [-0.2, 0) is 11.3 Å². The first-order valence-electron chi connectivity index (χ1n) is 6.99. The van der Waals surface area contributed by atoms with E-state index in [-0.39, 0.29) is 18.2 Å². The third kappa shape index (κ3) is 3.69. The molecule has 0 aliphatic heterocycles. The van der Waals surface area contributed by atoms with Gasteiger partial charge in [-0.2, -0.15) is 0 Å². The fraction of sp³-hybridized carbons (Fsp3) is 0.769. The minimum absolute atomic E-state index is 0.0252. The van der Waals surface area contributed by atoms with Gasteiger partial charge in [0.15, 0.2) is 0 Å². The number of hydrogen-bond acceptors (Lipinski definition) is 5. The number of nitrogens with two attached hydrogens (primary N) is 1. The van der Waals surface area contributed by atoms with E-state index in [0.717, 1.165) is 25.0 Å². The van der Waals surface area contributed by atoms with E-state index in [4.69, 9.17) is 10.5 Å². The number of carbonyl (C=O) groups is 1. The molecule has 2 atom stereocenters. The molecular formula is C13H23N5O2. The monoisotopic (exact) mass is 281 g/mol. The number of alkyl carbamates (subject to hydrolysis) is 1. The van der Waals surface area contributed by atoms with Crippen LogP contribution in [-0.4, -0.2) is 32.7 Å². The van der Waals surface area contributed by atoms with Gasteiger partial charge in [-0.25, -0.2) is 9.48 Å². The van der Waals surface area contributed by atoms with E-state index in [1.54, 1.807) is 4.68 Å². The smallest absolute Gasteiger partial charge is 0.407 e. The zero-order chi connectivity index (χ0) is 14.8. The highest BCUT2D eigenvalue weighted by Gasteiger charge is 2.32. The summed E-state index contributed by atoms with van der Waals surface area (Å²) in [4.78, 5) is 11.9. The SMILES string of the molecule is CC(C)(C)OC(=O)NC1CCCC1n1cc(CN)nn1. The molecule has 3 N–H and O–H groups in total. The minimum atomic E-state index is -0.488. The van der Waals surface area contributed by atoms with Crippen LogP contribution in [0.5, 0.6) is 0 Å². The van der Waals surface area contributed by atoms with E-state index in [2.05, 4.69) is 15.6 Å². The van der Waals surface area contributed by atoms with Crippen molar-refractivity contribution in [1.82, 2.24) is 20.3 Å². The van der Waals surface area contributed by atoms with Crippen molar-refractivity contribution in [2.75, 3.05) is 0 Å². The van der Waals surface area contributed by atoms with E-state index in [9.17, 15) is 4.79 Å². The van der Waals surface area contributed by atoms with Gasteiger partial charge in [0.2, 0.25) is 0 Å². The number of aromatic nitrogens is 3. The topological polar surface area (TPSA) is 95.1 Å². The van der Waals surface area contributed by atoms with Gasteiger partial charge in [0.25, 0.3) is 0 Å². The zero-order valence-electron chi connectivity index (χ0n) is 12.3. The molecule has 1 aromatic heterocycles. The Bertz CT molecular complexity index is 466. The maximum Gasteiger partial charge on any atom is 0.407 e. The number of carbonyl (C=O) groups excluding carboxylic acids is 1. The third-order valence-corrected chi connectivity index (χ3v) is 3.29. The summed E-state index contributed by atoms with van der Waals surface area (Å²) in [6.07, 6.45) is 4.40. The molecule has 1 amide bonds. The maximum atomic E-state index is 11.9. The molecule has 1 aliphatic rings. The number of nitrogens with zero attached hydrogens (tertiary/aromatic N) is 3. The van der Waals surface area contributed by atoms with Crippen LogP contribution in [0.25, 0.3) is 0 Å². The molecule has 0 spiro atoms. The summed E-state index contributed by atoms with van der Waals surface area (Å²) in [5.74, 6) is 0. The molecule has 0 saturated heterocycles. The predicted molar refractivity (Wildman–Crippen MR) is 74.0 cm³/mol. The molecule has 0 radical (unpaired) electrons. The molecule has 1 fully saturated rings. The molecule has 20 heavy (non-hydrogen) atoms. The normalized spacial score (nSPS) is 22.8. The molecule has 1 aromatic rings. The largest absolute Gasteiger partial charge is 0.444 e. The Morgan fingerprint density at radius 2 is 2.30 bits per heavy atom. The molecule has 1 saturated carbocycles. The van der Waals surface area contributed by atoms with Gasteiger partial charge in [0.05, 0.1) is 24.0 Å². The van der Waals surface area contributed by atoms with Gasteiger partial charge >= 0.3 is 6.09 Å². The average molecular weight is 281 g/mol. The number of hydrogen-bond donors (Lipinski definition) is 2. The van der Waals surface area contributed by atoms with Gasteiger partial charge < -0.3 is 15.8 Å². The van der Waals surface area contributed by atoms with E-state index >= 15 is 0 Å². The average Bonchev–Trinajstić information content (AvgIpc) is 2.93. The highest BCUT2D eigenvalue weighted by atomic mass is 16.6. The first-order valence-corrected chi connectivity index (χ1v) is 6.99. The molecule has 0 aromatic carbocycles. The summed E-state index contributed by atoms with van der Waals surface area (Å²) in [6.45, 7) is 5.92. The first-order chi connectivity index (χ1) is 9.39. The fourth-order valence-corrected chi connectivity index (χ4v) is 2.45. The Morgan fingerprint density at radius 3 is 2.90 bits per heavy atom. The molecule has 2 rings (SSSR count). The van der Waals surface area contributed by atoms with E-state index in [1.165, 1.54) is 0 Å².